The topological polar surface area (TPSA) is 73.8 Å². The zero-order valence-electron chi connectivity index (χ0n) is 13.6. The summed E-state index contributed by atoms with van der Waals surface area (Å²) in [4.78, 5) is 6.91. The highest BCUT2D eigenvalue weighted by atomic mass is 32.2. The molecule has 0 aromatic rings. The van der Waals surface area contributed by atoms with Crippen LogP contribution in [-0.2, 0) is 10.0 Å². The van der Waals surface area contributed by atoms with Crippen molar-refractivity contribution >= 4 is 16.0 Å². The number of likely N-dealkylation sites (tertiary alicyclic amines) is 1. The largest absolute Gasteiger partial charge is 0.357 e. The number of hydrogen-bond acceptors (Lipinski definition) is 3. The summed E-state index contributed by atoms with van der Waals surface area (Å²) in [7, 11) is -3.08. The van der Waals surface area contributed by atoms with Gasteiger partial charge >= 0.3 is 0 Å². The Morgan fingerprint density at radius 1 is 1.29 bits per heavy atom. The second-order valence-electron chi connectivity index (χ2n) is 5.56. The van der Waals surface area contributed by atoms with E-state index < -0.39 is 10.0 Å². The van der Waals surface area contributed by atoms with Gasteiger partial charge in [-0.2, -0.15) is 0 Å². The van der Waals surface area contributed by atoms with Gasteiger partial charge in [0.1, 0.15) is 0 Å². The molecule has 1 aliphatic rings. The van der Waals surface area contributed by atoms with Gasteiger partial charge in [-0.15, -0.1) is 0 Å². The molecule has 1 heterocycles. The first-order chi connectivity index (χ1) is 9.98. The van der Waals surface area contributed by atoms with E-state index in [1.165, 1.54) is 12.8 Å². The molecule has 0 atom stereocenters. The van der Waals surface area contributed by atoms with Gasteiger partial charge in [0, 0.05) is 32.7 Å². The van der Waals surface area contributed by atoms with Crippen LogP contribution in [0.3, 0.4) is 0 Å². The molecule has 0 aromatic carbocycles. The zero-order chi connectivity index (χ0) is 15.7. The SMILES string of the molecule is CCNC(=NCCCNS(=O)(=O)CC)N1CCC(C)CC1. The van der Waals surface area contributed by atoms with Crippen LogP contribution in [-0.4, -0.2) is 57.8 Å². The molecule has 1 aliphatic heterocycles. The van der Waals surface area contributed by atoms with E-state index in [2.05, 4.69) is 33.8 Å². The number of rotatable bonds is 7. The van der Waals surface area contributed by atoms with Crippen molar-refractivity contribution in [3.63, 3.8) is 0 Å². The third kappa shape index (κ3) is 7.13. The highest BCUT2D eigenvalue weighted by Crippen LogP contribution is 2.15. The summed E-state index contributed by atoms with van der Waals surface area (Å²) in [6.45, 7) is 10.1. The number of guanidine groups is 1. The summed E-state index contributed by atoms with van der Waals surface area (Å²) >= 11 is 0. The Morgan fingerprint density at radius 2 is 1.95 bits per heavy atom. The zero-order valence-corrected chi connectivity index (χ0v) is 14.4. The molecular weight excluding hydrogens is 288 g/mol. The van der Waals surface area contributed by atoms with Crippen molar-refractivity contribution < 1.29 is 8.42 Å². The summed E-state index contributed by atoms with van der Waals surface area (Å²) < 4.78 is 25.2. The Balaban J connectivity index is 2.38. The average molecular weight is 318 g/mol. The van der Waals surface area contributed by atoms with Crippen LogP contribution in [0.25, 0.3) is 0 Å². The normalized spacial score (nSPS) is 18.0. The summed E-state index contributed by atoms with van der Waals surface area (Å²) in [5.74, 6) is 1.89. The van der Waals surface area contributed by atoms with E-state index in [-0.39, 0.29) is 5.75 Å². The Hall–Kier alpha value is -0.820. The maximum atomic E-state index is 11.3. The molecule has 0 radical (unpaired) electrons. The quantitative estimate of drug-likeness (QED) is 0.417. The molecule has 1 rings (SSSR count). The van der Waals surface area contributed by atoms with Crippen LogP contribution in [0, 0.1) is 5.92 Å². The maximum absolute atomic E-state index is 11.3. The van der Waals surface area contributed by atoms with Gasteiger partial charge in [0.2, 0.25) is 10.0 Å². The first-order valence-corrected chi connectivity index (χ1v) is 9.64. The highest BCUT2D eigenvalue weighted by Gasteiger charge is 2.18. The van der Waals surface area contributed by atoms with Crippen LogP contribution in [0.15, 0.2) is 4.99 Å². The van der Waals surface area contributed by atoms with Gasteiger partial charge in [-0.25, -0.2) is 13.1 Å². The van der Waals surface area contributed by atoms with E-state index in [4.69, 9.17) is 0 Å². The smallest absolute Gasteiger partial charge is 0.211 e. The van der Waals surface area contributed by atoms with E-state index in [1.54, 1.807) is 6.92 Å². The lowest BCUT2D eigenvalue weighted by atomic mass is 10.00. The molecule has 0 unspecified atom stereocenters. The average Bonchev–Trinajstić information content (AvgIpc) is 2.47. The van der Waals surface area contributed by atoms with Crippen LogP contribution < -0.4 is 10.0 Å². The first kappa shape index (κ1) is 18.2. The fraction of sp³-hybridized carbons (Fsp3) is 0.929. The minimum Gasteiger partial charge on any atom is -0.357 e. The van der Waals surface area contributed by atoms with Crippen molar-refractivity contribution in [2.45, 2.75) is 40.0 Å². The van der Waals surface area contributed by atoms with Crippen molar-refractivity contribution in [3.8, 4) is 0 Å². The van der Waals surface area contributed by atoms with Crippen molar-refractivity contribution in [1.29, 1.82) is 0 Å². The van der Waals surface area contributed by atoms with Crippen LogP contribution in [0.2, 0.25) is 0 Å². The van der Waals surface area contributed by atoms with Crippen molar-refractivity contribution in [2.75, 3.05) is 38.5 Å². The summed E-state index contributed by atoms with van der Waals surface area (Å²) in [5, 5.41) is 3.32. The molecule has 1 fully saturated rings. The van der Waals surface area contributed by atoms with Crippen LogP contribution >= 0.6 is 0 Å². The number of piperidine rings is 1. The molecular formula is C14H30N4O2S. The van der Waals surface area contributed by atoms with E-state index in [0.29, 0.717) is 13.1 Å². The molecule has 0 bridgehead atoms. The molecule has 0 spiro atoms. The Kier molecular flexibility index (Phi) is 8.03. The molecule has 0 aliphatic carbocycles. The van der Waals surface area contributed by atoms with Gasteiger partial charge in [0.25, 0.3) is 0 Å². The maximum Gasteiger partial charge on any atom is 0.211 e. The van der Waals surface area contributed by atoms with Crippen LogP contribution in [0.5, 0.6) is 0 Å². The van der Waals surface area contributed by atoms with E-state index in [1.807, 2.05) is 0 Å². The van der Waals surface area contributed by atoms with E-state index in [0.717, 1.165) is 37.9 Å². The predicted molar refractivity (Wildman–Crippen MR) is 88.0 cm³/mol. The minimum absolute atomic E-state index is 0.130. The molecule has 0 saturated carbocycles. The van der Waals surface area contributed by atoms with Crippen molar-refractivity contribution in [1.82, 2.24) is 14.9 Å². The summed E-state index contributed by atoms with van der Waals surface area (Å²) in [6, 6.07) is 0. The highest BCUT2D eigenvalue weighted by molar-refractivity contribution is 7.89. The number of nitrogens with one attached hydrogen (secondary N) is 2. The molecule has 0 aromatic heterocycles. The third-order valence-corrected chi connectivity index (χ3v) is 5.12. The molecule has 0 amide bonds. The number of hydrogen-bond donors (Lipinski definition) is 2. The standard InChI is InChI=1S/C14H30N4O2S/c1-4-15-14(18-11-7-13(3)8-12-18)16-9-6-10-17-21(19,20)5-2/h13,17H,4-12H2,1-3H3,(H,15,16). The van der Waals surface area contributed by atoms with Gasteiger partial charge in [0.15, 0.2) is 5.96 Å². The summed E-state index contributed by atoms with van der Waals surface area (Å²) in [6.07, 6.45) is 3.14. The van der Waals surface area contributed by atoms with Crippen molar-refractivity contribution in [2.24, 2.45) is 10.9 Å². The van der Waals surface area contributed by atoms with Crippen LogP contribution in [0.4, 0.5) is 0 Å². The first-order valence-electron chi connectivity index (χ1n) is 7.99. The molecule has 124 valence electrons. The fourth-order valence-electron chi connectivity index (χ4n) is 2.24. The van der Waals surface area contributed by atoms with E-state index >= 15 is 0 Å². The minimum atomic E-state index is -3.08. The lowest BCUT2D eigenvalue weighted by Gasteiger charge is -2.33. The van der Waals surface area contributed by atoms with Gasteiger partial charge in [-0.05, 0) is 39.0 Å². The molecule has 7 heteroatoms. The number of aliphatic imine (C=N–C) groups is 1. The lowest BCUT2D eigenvalue weighted by Crippen LogP contribution is -2.45. The van der Waals surface area contributed by atoms with Crippen molar-refractivity contribution in [3.05, 3.63) is 0 Å². The number of nitrogens with zero attached hydrogens (tertiary/aromatic N) is 2. The predicted octanol–water partition coefficient (Wildman–Crippen LogP) is 1.01. The molecule has 2 N–H and O–H groups in total. The number of sulfonamides is 1. The van der Waals surface area contributed by atoms with Gasteiger partial charge < -0.3 is 10.2 Å². The molecule has 6 nitrogen and oxygen atoms in total. The van der Waals surface area contributed by atoms with Gasteiger partial charge in [-0.1, -0.05) is 6.92 Å². The third-order valence-electron chi connectivity index (χ3n) is 3.72. The second-order valence-corrected chi connectivity index (χ2v) is 7.65. The lowest BCUT2D eigenvalue weighted by molar-refractivity contribution is 0.273. The van der Waals surface area contributed by atoms with Gasteiger partial charge in [0.05, 0.1) is 5.75 Å². The fourth-order valence-corrected chi connectivity index (χ4v) is 2.90. The van der Waals surface area contributed by atoms with E-state index in [9.17, 15) is 8.42 Å². The molecule has 21 heavy (non-hydrogen) atoms. The van der Waals surface area contributed by atoms with Crippen LogP contribution in [0.1, 0.15) is 40.0 Å². The Morgan fingerprint density at radius 3 is 2.52 bits per heavy atom. The second kappa shape index (κ2) is 9.25. The Labute approximate surface area is 129 Å². The summed E-state index contributed by atoms with van der Waals surface area (Å²) in [5.41, 5.74) is 0. The molecule has 1 saturated heterocycles. The Bertz CT molecular complexity index is 415. The van der Waals surface area contributed by atoms with Gasteiger partial charge in [-0.3, -0.25) is 4.99 Å². The monoisotopic (exact) mass is 318 g/mol.